The molecule has 55 heavy (non-hydrogen) atoms. The second-order valence-electron chi connectivity index (χ2n) is 15.4. The molecule has 11 rings (SSSR count). The van der Waals surface area contributed by atoms with E-state index in [0.29, 0.717) is 0 Å². The molecule has 0 atom stereocenters. The van der Waals surface area contributed by atoms with Gasteiger partial charge in [-0.2, -0.15) is 0 Å². The predicted molar refractivity (Wildman–Crippen MR) is 231 cm³/mol. The Bertz CT molecular complexity index is 3160. The van der Waals surface area contributed by atoms with Crippen LogP contribution in [0.3, 0.4) is 0 Å². The van der Waals surface area contributed by atoms with Crippen molar-refractivity contribution in [2.75, 3.05) is 0 Å². The van der Waals surface area contributed by atoms with Gasteiger partial charge in [-0.25, -0.2) is 0 Å². The highest BCUT2D eigenvalue weighted by molar-refractivity contribution is 6.23. The third-order valence-corrected chi connectivity index (χ3v) is 11.9. The minimum absolute atomic E-state index is 0.142. The van der Waals surface area contributed by atoms with Crippen molar-refractivity contribution in [3.63, 3.8) is 0 Å². The molecular weight excluding hydrogens is 665 g/mol. The van der Waals surface area contributed by atoms with Crippen LogP contribution in [-0.2, 0) is 5.41 Å². The van der Waals surface area contributed by atoms with E-state index in [4.69, 9.17) is 5.10 Å². The van der Waals surface area contributed by atoms with Crippen LogP contribution in [0.25, 0.3) is 99.0 Å². The smallest absolute Gasteiger partial charge is 0.0930 e. The normalized spacial score (nSPS) is 13.1. The van der Waals surface area contributed by atoms with Gasteiger partial charge in [0.25, 0.3) is 0 Å². The van der Waals surface area contributed by atoms with Crippen molar-refractivity contribution in [1.82, 2.24) is 10.2 Å². The number of nitrogens with zero attached hydrogens (tertiary/aromatic N) is 2. The fourth-order valence-corrected chi connectivity index (χ4v) is 9.14. The molecule has 1 aliphatic carbocycles. The number of hydrogen-bond acceptors (Lipinski definition) is 2. The average Bonchev–Trinajstić information content (AvgIpc) is 3.46. The highest BCUT2D eigenvalue weighted by Crippen LogP contribution is 2.53. The third kappa shape index (κ3) is 4.95. The van der Waals surface area contributed by atoms with Crippen LogP contribution in [0, 0.1) is 0 Å². The lowest BCUT2D eigenvalue weighted by molar-refractivity contribution is 0.661. The molecule has 0 spiro atoms. The molecule has 0 N–H and O–H groups in total. The van der Waals surface area contributed by atoms with Crippen molar-refractivity contribution in [3.8, 4) is 55.9 Å². The van der Waals surface area contributed by atoms with Gasteiger partial charge in [-0.15, -0.1) is 10.2 Å². The number of hydrogen-bond donors (Lipinski definition) is 0. The SMILES string of the molecule is CC1(C)c2ccccc2-c2cc3c(-c4ccc5ccccc5c4)c4ccc(-c5ccc(-c6ccccc6)nn5)cc4c(-c4ccc5ccccc5c4)c3cc21. The van der Waals surface area contributed by atoms with Crippen LogP contribution in [0.2, 0.25) is 0 Å². The van der Waals surface area contributed by atoms with Gasteiger partial charge in [0.1, 0.15) is 0 Å². The lowest BCUT2D eigenvalue weighted by Crippen LogP contribution is -2.14. The zero-order valence-corrected chi connectivity index (χ0v) is 30.7. The second-order valence-corrected chi connectivity index (χ2v) is 15.4. The maximum absolute atomic E-state index is 4.79. The summed E-state index contributed by atoms with van der Waals surface area (Å²) in [5.74, 6) is 0. The maximum Gasteiger partial charge on any atom is 0.0930 e. The quantitative estimate of drug-likeness (QED) is 0.171. The number of fused-ring (bicyclic) bond motifs is 7. The summed E-state index contributed by atoms with van der Waals surface area (Å²) in [6.45, 7) is 4.75. The fourth-order valence-electron chi connectivity index (χ4n) is 9.14. The second kappa shape index (κ2) is 12.1. The van der Waals surface area contributed by atoms with Crippen molar-refractivity contribution in [2.45, 2.75) is 19.3 Å². The minimum Gasteiger partial charge on any atom is -0.150 e. The van der Waals surface area contributed by atoms with E-state index in [1.807, 2.05) is 18.2 Å². The molecule has 2 nitrogen and oxygen atoms in total. The van der Waals surface area contributed by atoms with Gasteiger partial charge in [0.05, 0.1) is 11.4 Å². The Hall–Kier alpha value is -6.90. The van der Waals surface area contributed by atoms with Gasteiger partial charge in [0, 0.05) is 16.5 Å². The number of aromatic nitrogens is 2. The summed E-state index contributed by atoms with van der Waals surface area (Å²) < 4.78 is 0. The first-order valence-corrected chi connectivity index (χ1v) is 19.1. The first kappa shape index (κ1) is 31.6. The molecule has 0 unspecified atom stereocenters. The van der Waals surface area contributed by atoms with E-state index in [0.717, 1.165) is 22.5 Å². The lowest BCUT2D eigenvalue weighted by Gasteiger charge is -2.24. The molecule has 0 radical (unpaired) electrons. The molecule has 0 bridgehead atoms. The molecule has 1 aliphatic rings. The van der Waals surface area contributed by atoms with E-state index in [9.17, 15) is 0 Å². The molecule has 258 valence electrons. The molecule has 0 fully saturated rings. The van der Waals surface area contributed by atoms with Gasteiger partial charge >= 0.3 is 0 Å². The Morgan fingerprint density at radius 2 is 0.855 bits per heavy atom. The van der Waals surface area contributed by atoms with Crippen LogP contribution < -0.4 is 0 Å². The molecule has 0 amide bonds. The number of benzene rings is 9. The molecule has 0 saturated heterocycles. The Morgan fingerprint density at radius 3 is 1.53 bits per heavy atom. The Morgan fingerprint density at radius 1 is 0.327 bits per heavy atom. The summed E-state index contributed by atoms with van der Waals surface area (Å²) in [4.78, 5) is 0. The molecule has 0 saturated carbocycles. The van der Waals surface area contributed by atoms with Crippen molar-refractivity contribution >= 4 is 43.1 Å². The number of rotatable bonds is 4. The zero-order chi connectivity index (χ0) is 36.7. The Labute approximate surface area is 320 Å². The summed E-state index contributed by atoms with van der Waals surface area (Å²) in [5, 5.41) is 19.4. The fraction of sp³-hybridized carbons (Fsp3) is 0.0566. The lowest BCUT2D eigenvalue weighted by atomic mass is 9.79. The van der Waals surface area contributed by atoms with Crippen molar-refractivity contribution in [1.29, 1.82) is 0 Å². The predicted octanol–water partition coefficient (Wildman–Crippen LogP) is 14.1. The van der Waals surface area contributed by atoms with Gasteiger partial charge in [0.15, 0.2) is 0 Å². The van der Waals surface area contributed by atoms with Crippen LogP contribution in [-0.4, -0.2) is 10.2 Å². The summed E-state index contributed by atoms with van der Waals surface area (Å²) >= 11 is 0. The van der Waals surface area contributed by atoms with E-state index >= 15 is 0 Å². The summed E-state index contributed by atoms with van der Waals surface area (Å²) in [6, 6.07) is 66.5. The van der Waals surface area contributed by atoms with Gasteiger partial charge in [-0.1, -0.05) is 153 Å². The van der Waals surface area contributed by atoms with Gasteiger partial charge in [-0.05, 0) is 130 Å². The van der Waals surface area contributed by atoms with Crippen molar-refractivity contribution < 1.29 is 0 Å². The molecule has 2 heteroatoms. The van der Waals surface area contributed by atoms with Crippen LogP contribution in [0.4, 0.5) is 0 Å². The van der Waals surface area contributed by atoms with E-state index < -0.39 is 0 Å². The summed E-state index contributed by atoms with van der Waals surface area (Å²) in [5.41, 5.74) is 14.0. The molecule has 1 heterocycles. The zero-order valence-electron chi connectivity index (χ0n) is 30.7. The highest BCUT2D eigenvalue weighted by atomic mass is 15.1. The Kier molecular flexibility index (Phi) is 6.93. The standard InChI is InChI=1S/C53H36N2/c1-53(2)47-19-11-10-18-41(47)43-31-45-46(32-48(43)53)52(40-23-21-34-13-7-9-17-37(34)29-40)44-30-38(50-27-26-49(54-55-50)35-14-4-3-5-15-35)24-25-42(44)51(45)39-22-20-33-12-6-8-16-36(33)28-39/h3-32H,1-2H3. The van der Waals surface area contributed by atoms with Crippen LogP contribution in [0.5, 0.6) is 0 Å². The van der Waals surface area contributed by atoms with Crippen LogP contribution >= 0.6 is 0 Å². The first-order chi connectivity index (χ1) is 27.0. The minimum atomic E-state index is -0.142. The molecule has 0 aliphatic heterocycles. The molecule has 10 aromatic rings. The average molecular weight is 701 g/mol. The highest BCUT2D eigenvalue weighted by Gasteiger charge is 2.36. The van der Waals surface area contributed by atoms with E-state index in [1.54, 1.807) is 0 Å². The van der Waals surface area contributed by atoms with Crippen LogP contribution in [0.1, 0.15) is 25.0 Å². The molecule has 1 aromatic heterocycles. The largest absolute Gasteiger partial charge is 0.150 e. The van der Waals surface area contributed by atoms with Gasteiger partial charge in [0.2, 0.25) is 0 Å². The first-order valence-electron chi connectivity index (χ1n) is 19.1. The van der Waals surface area contributed by atoms with Crippen LogP contribution in [0.15, 0.2) is 182 Å². The van der Waals surface area contributed by atoms with Gasteiger partial charge in [-0.3, -0.25) is 0 Å². The Balaban J connectivity index is 1.26. The van der Waals surface area contributed by atoms with E-state index in [1.165, 1.54) is 87.6 Å². The summed E-state index contributed by atoms with van der Waals surface area (Å²) in [7, 11) is 0. The summed E-state index contributed by atoms with van der Waals surface area (Å²) in [6.07, 6.45) is 0. The van der Waals surface area contributed by atoms with Crippen molar-refractivity contribution in [2.24, 2.45) is 0 Å². The van der Waals surface area contributed by atoms with Gasteiger partial charge < -0.3 is 0 Å². The maximum atomic E-state index is 4.79. The van der Waals surface area contributed by atoms with E-state index in [-0.39, 0.29) is 5.41 Å². The third-order valence-electron chi connectivity index (χ3n) is 11.9. The van der Waals surface area contributed by atoms with E-state index in [2.05, 4.69) is 183 Å². The monoisotopic (exact) mass is 700 g/mol. The molecule has 9 aromatic carbocycles. The topological polar surface area (TPSA) is 25.8 Å². The molecular formula is C53H36N2. The van der Waals surface area contributed by atoms with Crippen molar-refractivity contribution in [3.05, 3.63) is 193 Å².